The fraction of sp³-hybridized carbons (Fsp3) is 0.140. The number of benzene rings is 6. The molecular formula is C43H46NNiOP+. The molecule has 0 saturated carbocycles. The van der Waals surface area contributed by atoms with Crippen molar-refractivity contribution in [3.63, 3.8) is 0 Å². The van der Waals surface area contributed by atoms with Gasteiger partial charge in [-0.25, -0.2) is 0 Å². The van der Waals surface area contributed by atoms with Gasteiger partial charge in [-0.2, -0.15) is 36.4 Å². The van der Waals surface area contributed by atoms with Gasteiger partial charge in [0.05, 0.1) is 7.92 Å². The zero-order chi connectivity index (χ0) is 31.9. The Morgan fingerprint density at radius 2 is 0.894 bits per heavy atom. The maximum atomic E-state index is 9.94. The van der Waals surface area contributed by atoms with E-state index >= 15 is 0 Å². The molecule has 0 atom stereocenters. The molecule has 0 aliphatic carbocycles. The van der Waals surface area contributed by atoms with E-state index < -0.39 is 7.92 Å². The number of para-hydroxylation sites is 3. The van der Waals surface area contributed by atoms with Crippen LogP contribution in [0, 0.1) is 13.5 Å². The zero-order valence-electron chi connectivity index (χ0n) is 28.0. The molecule has 0 amide bonds. The van der Waals surface area contributed by atoms with E-state index in [0.717, 1.165) is 5.69 Å². The van der Waals surface area contributed by atoms with Crippen LogP contribution in [0.4, 0.5) is 11.4 Å². The van der Waals surface area contributed by atoms with Crippen molar-refractivity contribution in [2.45, 2.75) is 39.5 Å². The third-order valence-electron chi connectivity index (χ3n) is 7.25. The quantitative estimate of drug-likeness (QED) is 0.102. The van der Waals surface area contributed by atoms with E-state index in [-0.39, 0.29) is 29.7 Å². The van der Waals surface area contributed by atoms with Crippen molar-refractivity contribution in [1.29, 1.82) is 0 Å². The molecule has 1 N–H and O–H groups in total. The van der Waals surface area contributed by atoms with Gasteiger partial charge in [-0.3, -0.25) is 0 Å². The van der Waals surface area contributed by atoms with Crippen LogP contribution in [0.5, 0.6) is 5.75 Å². The normalized spacial score (nSPS) is 10.0. The van der Waals surface area contributed by atoms with Crippen molar-refractivity contribution in [1.82, 2.24) is 0 Å². The first kappa shape index (κ1) is 39.0. The van der Waals surface area contributed by atoms with Gasteiger partial charge >= 0.3 is 16.5 Å². The van der Waals surface area contributed by atoms with Crippen molar-refractivity contribution in [2.75, 3.05) is 0 Å². The van der Waals surface area contributed by atoms with Crippen molar-refractivity contribution in [3.05, 3.63) is 194 Å². The Kier molecular flexibility index (Phi) is 17.3. The van der Waals surface area contributed by atoms with E-state index in [4.69, 9.17) is 5.32 Å². The van der Waals surface area contributed by atoms with E-state index in [9.17, 15) is 5.11 Å². The number of rotatable bonds is 7. The summed E-state index contributed by atoms with van der Waals surface area (Å²) in [5, 5.41) is 19.0. The Balaban J connectivity index is 0.000000268. The fourth-order valence-electron chi connectivity index (χ4n) is 4.98. The van der Waals surface area contributed by atoms with Crippen molar-refractivity contribution in [2.24, 2.45) is 0 Å². The summed E-state index contributed by atoms with van der Waals surface area (Å²) in [6.45, 7) is 8.68. The average Bonchev–Trinajstić information content (AvgIpc) is 3.09. The maximum Gasteiger partial charge on any atom is 3.00 e. The van der Waals surface area contributed by atoms with Gasteiger partial charge in [0.15, 0.2) is 0 Å². The first-order chi connectivity index (χ1) is 22.0. The number of hydrogen-bond donors (Lipinski definition) is 1. The minimum absolute atomic E-state index is 0. The number of aromatic hydroxyl groups is 1. The standard InChI is InChI=1S/C18H22NO.C18H15P.C6H5.CH3.Ni/c1-12(2)14-8-7-9-15(13(3)4)18(14)19-16-10-5-6-11-17(16)20;1-4-10-16(11-5-1)19(17-12-6-2-7-13-17)18-14-8-3-9-15-18;1-2-4-6-5-3-1;;/h5-13,20H,1-4H3;1-15H;1-5H;1H3;/q-1;;2*-1;+3/p+1. The topological polar surface area (TPSA) is 34.3 Å². The van der Waals surface area contributed by atoms with E-state index in [0.29, 0.717) is 17.5 Å². The molecule has 243 valence electrons. The van der Waals surface area contributed by atoms with Crippen molar-refractivity contribution in [3.8, 4) is 5.75 Å². The molecule has 2 nitrogen and oxygen atoms in total. The Morgan fingerprint density at radius 3 is 1.23 bits per heavy atom. The van der Waals surface area contributed by atoms with Gasteiger partial charge in [-0.05, 0) is 54.3 Å². The van der Waals surface area contributed by atoms with Crippen LogP contribution in [0.25, 0.3) is 5.32 Å². The zero-order valence-corrected chi connectivity index (χ0v) is 29.9. The molecule has 0 saturated heterocycles. The van der Waals surface area contributed by atoms with Gasteiger partial charge < -0.3 is 17.8 Å². The second-order valence-electron chi connectivity index (χ2n) is 11.2. The molecular weight excluding hydrogens is 636 g/mol. The summed E-state index contributed by atoms with van der Waals surface area (Å²) in [6, 6.07) is 58.6. The van der Waals surface area contributed by atoms with Crippen LogP contribution in [0.1, 0.15) is 50.7 Å². The second-order valence-corrected chi connectivity index (χ2v) is 13.7. The van der Waals surface area contributed by atoms with Gasteiger partial charge in [-0.15, -0.1) is 5.69 Å². The van der Waals surface area contributed by atoms with Crippen LogP contribution in [0.2, 0.25) is 0 Å². The summed E-state index contributed by atoms with van der Waals surface area (Å²) < 4.78 is 0. The number of hydrogen-bond acceptors (Lipinski definition) is 1. The Hall–Kier alpha value is -4.16. The predicted octanol–water partition coefficient (Wildman–Crippen LogP) is 11.1. The van der Waals surface area contributed by atoms with Crippen LogP contribution in [0.15, 0.2) is 164 Å². The molecule has 6 rings (SSSR count). The van der Waals surface area contributed by atoms with Gasteiger partial charge in [0.2, 0.25) is 0 Å². The van der Waals surface area contributed by atoms with Gasteiger partial charge in [0, 0.05) is 0 Å². The third-order valence-corrected chi connectivity index (χ3v) is 9.98. The van der Waals surface area contributed by atoms with E-state index in [1.54, 1.807) is 6.07 Å². The predicted molar refractivity (Wildman–Crippen MR) is 204 cm³/mol. The molecule has 0 bridgehead atoms. The van der Waals surface area contributed by atoms with Gasteiger partial charge in [0.1, 0.15) is 21.7 Å². The molecule has 0 aliphatic rings. The summed E-state index contributed by atoms with van der Waals surface area (Å²) >= 11 is 0. The largest absolute Gasteiger partial charge is 3.00 e. The van der Waals surface area contributed by atoms with Crippen LogP contribution in [-0.2, 0) is 16.5 Å². The Labute approximate surface area is 294 Å². The third kappa shape index (κ3) is 11.9. The summed E-state index contributed by atoms with van der Waals surface area (Å²) in [5.41, 5.74) is 4.07. The van der Waals surface area contributed by atoms with E-state index in [1.165, 1.54) is 27.0 Å². The molecule has 1 radical (unpaired) electrons. The summed E-state index contributed by atoms with van der Waals surface area (Å²) in [6.07, 6.45) is 0. The average molecular weight is 683 g/mol. The molecule has 0 spiro atoms. The van der Waals surface area contributed by atoms with Crippen LogP contribution in [0.3, 0.4) is 0 Å². The molecule has 0 unspecified atom stereocenters. The number of phenolic OH excluding ortho intramolecular Hbond substituents is 1. The molecule has 0 heterocycles. The van der Waals surface area contributed by atoms with Gasteiger partial charge in [0.25, 0.3) is 0 Å². The minimum atomic E-state index is -0.877. The molecule has 47 heavy (non-hydrogen) atoms. The summed E-state index contributed by atoms with van der Waals surface area (Å²) in [7, 11) is -0.877. The smallest absolute Gasteiger partial charge is 0.654 e. The second kappa shape index (κ2) is 20.9. The van der Waals surface area contributed by atoms with Crippen LogP contribution < -0.4 is 15.9 Å². The molecule has 0 fully saturated rings. The SMILES string of the molecule is CC(C)c1cccc(C(C)C)c1[N-]c1ccccc1O.[CH3-].[Ni+3].[c-]1ccccc1.c1ccc([PH+](c2ccccc2)c2ccccc2)cc1. The first-order valence-electron chi connectivity index (χ1n) is 15.5. The molecule has 4 heteroatoms. The summed E-state index contributed by atoms with van der Waals surface area (Å²) in [5.74, 6) is 1.03. The molecule has 0 aliphatic heterocycles. The van der Waals surface area contributed by atoms with Crippen molar-refractivity contribution < 1.29 is 21.6 Å². The summed E-state index contributed by atoms with van der Waals surface area (Å²) in [4.78, 5) is 0. The number of nitrogens with zero attached hydrogens (tertiary/aromatic N) is 1. The van der Waals surface area contributed by atoms with Crippen LogP contribution >= 0.6 is 7.92 Å². The fourth-order valence-corrected chi connectivity index (χ4v) is 7.55. The van der Waals surface area contributed by atoms with E-state index in [1.807, 2.05) is 48.5 Å². The molecule has 6 aromatic carbocycles. The minimum Gasteiger partial charge on any atom is -0.654 e. The van der Waals surface area contributed by atoms with E-state index in [2.05, 4.69) is 143 Å². The molecule has 0 aromatic heterocycles. The Morgan fingerprint density at radius 1 is 0.511 bits per heavy atom. The van der Waals surface area contributed by atoms with Crippen LogP contribution in [-0.4, -0.2) is 5.11 Å². The van der Waals surface area contributed by atoms with Gasteiger partial charge in [-0.1, -0.05) is 136 Å². The Bertz CT molecular complexity index is 1530. The monoisotopic (exact) mass is 681 g/mol. The molecule has 6 aromatic rings. The number of phenols is 1. The first-order valence-corrected chi connectivity index (χ1v) is 17.0. The maximum absolute atomic E-state index is 9.94. The van der Waals surface area contributed by atoms with Crippen molar-refractivity contribution >= 4 is 35.2 Å².